The van der Waals surface area contributed by atoms with Gasteiger partial charge in [0.1, 0.15) is 22.8 Å². The van der Waals surface area contributed by atoms with Crippen LogP contribution in [0.15, 0.2) is 12.1 Å². The lowest BCUT2D eigenvalue weighted by Crippen LogP contribution is -2.02. The highest BCUT2D eigenvalue weighted by Gasteiger charge is 2.16. The molecule has 0 atom stereocenters. The number of rotatable bonds is 4. The second kappa shape index (κ2) is 11.4. The highest BCUT2D eigenvalue weighted by atomic mass is 16.5. The van der Waals surface area contributed by atoms with E-state index in [0.717, 1.165) is 0 Å². The second-order valence-electron chi connectivity index (χ2n) is 2.96. The molecular formula is C15H26O4. The first-order valence-corrected chi connectivity index (χ1v) is 6.45. The minimum absolute atomic E-state index is 0.105. The first kappa shape index (κ1) is 19.6. The molecule has 0 N–H and O–H groups in total. The van der Waals surface area contributed by atoms with Crippen LogP contribution in [0.3, 0.4) is 0 Å². The molecule has 0 aliphatic carbocycles. The van der Waals surface area contributed by atoms with Gasteiger partial charge in [-0.25, -0.2) is 0 Å². The summed E-state index contributed by atoms with van der Waals surface area (Å²) >= 11 is 0. The predicted molar refractivity (Wildman–Crippen MR) is 78.8 cm³/mol. The van der Waals surface area contributed by atoms with E-state index in [9.17, 15) is 4.79 Å². The molecule has 0 bridgehead atoms. The Morgan fingerprint density at radius 2 is 1.21 bits per heavy atom. The van der Waals surface area contributed by atoms with Crippen LogP contribution >= 0.6 is 0 Å². The van der Waals surface area contributed by atoms with Gasteiger partial charge in [-0.2, -0.15) is 0 Å². The van der Waals surface area contributed by atoms with E-state index in [1.165, 1.54) is 21.1 Å². The van der Waals surface area contributed by atoms with Gasteiger partial charge in [-0.15, -0.1) is 0 Å². The fourth-order valence-corrected chi connectivity index (χ4v) is 1.35. The molecule has 1 aromatic rings. The SMILES string of the molecule is CC.CC.COc1cc(OC)c(C(C)=O)c(OC)c1. The van der Waals surface area contributed by atoms with Crippen LogP contribution in [0, 0.1) is 0 Å². The summed E-state index contributed by atoms with van der Waals surface area (Å²) in [6.07, 6.45) is 0. The minimum Gasteiger partial charge on any atom is -0.496 e. The van der Waals surface area contributed by atoms with Crippen LogP contribution < -0.4 is 14.2 Å². The second-order valence-corrected chi connectivity index (χ2v) is 2.96. The summed E-state index contributed by atoms with van der Waals surface area (Å²) in [5.74, 6) is 1.40. The molecule has 0 amide bonds. The van der Waals surface area contributed by atoms with Crippen molar-refractivity contribution in [3.05, 3.63) is 17.7 Å². The number of hydrogen-bond donors (Lipinski definition) is 0. The Bertz CT molecular complexity index is 347. The van der Waals surface area contributed by atoms with Crippen LogP contribution in [-0.4, -0.2) is 27.1 Å². The van der Waals surface area contributed by atoms with E-state index in [1.54, 1.807) is 19.2 Å². The van der Waals surface area contributed by atoms with Crippen LogP contribution in [-0.2, 0) is 0 Å². The maximum atomic E-state index is 11.4. The van der Waals surface area contributed by atoms with Crippen molar-refractivity contribution in [1.29, 1.82) is 0 Å². The zero-order valence-corrected chi connectivity index (χ0v) is 13.3. The van der Waals surface area contributed by atoms with E-state index < -0.39 is 0 Å². The third-order valence-electron chi connectivity index (χ3n) is 2.07. The fraction of sp³-hybridized carbons (Fsp3) is 0.533. The molecular weight excluding hydrogens is 244 g/mol. The molecule has 19 heavy (non-hydrogen) atoms. The Morgan fingerprint density at radius 1 is 0.842 bits per heavy atom. The highest BCUT2D eigenvalue weighted by molar-refractivity contribution is 6.00. The molecule has 4 nitrogen and oxygen atoms in total. The molecule has 0 aromatic heterocycles. The molecule has 1 aromatic carbocycles. The summed E-state index contributed by atoms with van der Waals surface area (Å²) in [5.41, 5.74) is 0.431. The van der Waals surface area contributed by atoms with Crippen molar-refractivity contribution >= 4 is 5.78 Å². The van der Waals surface area contributed by atoms with Crippen LogP contribution in [0.1, 0.15) is 45.0 Å². The Hall–Kier alpha value is -1.71. The minimum atomic E-state index is -0.105. The normalized spacial score (nSPS) is 8.21. The van der Waals surface area contributed by atoms with Gasteiger partial charge in [0.15, 0.2) is 5.78 Å². The summed E-state index contributed by atoms with van der Waals surface area (Å²) in [4.78, 5) is 11.4. The number of ketones is 1. The lowest BCUT2D eigenvalue weighted by Gasteiger charge is -2.12. The maximum Gasteiger partial charge on any atom is 0.167 e. The molecule has 0 radical (unpaired) electrons. The molecule has 0 saturated heterocycles. The van der Waals surface area contributed by atoms with E-state index in [4.69, 9.17) is 14.2 Å². The molecule has 0 spiro atoms. The van der Waals surface area contributed by atoms with E-state index in [2.05, 4.69) is 0 Å². The van der Waals surface area contributed by atoms with Crippen molar-refractivity contribution in [2.24, 2.45) is 0 Å². The van der Waals surface area contributed by atoms with Crippen LogP contribution in [0.4, 0.5) is 0 Å². The van der Waals surface area contributed by atoms with Crippen molar-refractivity contribution in [3.63, 3.8) is 0 Å². The molecule has 0 fully saturated rings. The van der Waals surface area contributed by atoms with E-state index in [-0.39, 0.29) is 5.78 Å². The Kier molecular flexibility index (Phi) is 11.8. The summed E-state index contributed by atoms with van der Waals surface area (Å²) in [5, 5.41) is 0. The zero-order valence-electron chi connectivity index (χ0n) is 13.3. The Labute approximate surface area is 116 Å². The number of ether oxygens (including phenoxy) is 3. The average Bonchev–Trinajstić information content (AvgIpc) is 2.49. The highest BCUT2D eigenvalue weighted by Crippen LogP contribution is 2.34. The molecule has 0 unspecified atom stereocenters. The van der Waals surface area contributed by atoms with Gasteiger partial charge in [-0.1, -0.05) is 27.7 Å². The van der Waals surface area contributed by atoms with Crippen molar-refractivity contribution in [1.82, 2.24) is 0 Å². The number of carbonyl (C=O) groups excluding carboxylic acids is 1. The summed E-state index contributed by atoms with van der Waals surface area (Å²) in [6, 6.07) is 3.30. The van der Waals surface area contributed by atoms with E-state index in [0.29, 0.717) is 22.8 Å². The molecule has 0 aliphatic rings. The lowest BCUT2D eigenvalue weighted by molar-refractivity contribution is 0.101. The quantitative estimate of drug-likeness (QED) is 0.777. The molecule has 0 saturated carbocycles. The number of Topliss-reactive ketones (excluding diaryl/α,β-unsaturated/α-hetero) is 1. The van der Waals surface area contributed by atoms with Gasteiger partial charge < -0.3 is 14.2 Å². The molecule has 0 aliphatic heterocycles. The van der Waals surface area contributed by atoms with Gasteiger partial charge in [0.05, 0.1) is 21.3 Å². The Balaban J connectivity index is 0. The average molecular weight is 270 g/mol. The first-order chi connectivity index (χ1) is 9.13. The standard InChI is InChI=1S/C11H14O4.2C2H6/c1-7(12)11-9(14-3)5-8(13-2)6-10(11)15-4;2*1-2/h5-6H,1-4H3;2*1-2H3. The van der Waals surface area contributed by atoms with E-state index in [1.807, 2.05) is 27.7 Å². The smallest absolute Gasteiger partial charge is 0.167 e. The summed E-state index contributed by atoms with van der Waals surface area (Å²) in [6.45, 7) is 9.47. The fourth-order valence-electron chi connectivity index (χ4n) is 1.35. The maximum absolute atomic E-state index is 11.4. The van der Waals surface area contributed by atoms with Crippen LogP contribution in [0.5, 0.6) is 17.2 Å². The summed E-state index contributed by atoms with van der Waals surface area (Å²) in [7, 11) is 4.54. The van der Waals surface area contributed by atoms with Gasteiger partial charge in [0.25, 0.3) is 0 Å². The molecule has 4 heteroatoms. The predicted octanol–water partition coefficient (Wildman–Crippen LogP) is 3.97. The van der Waals surface area contributed by atoms with Crippen LogP contribution in [0.25, 0.3) is 0 Å². The first-order valence-electron chi connectivity index (χ1n) is 6.45. The van der Waals surface area contributed by atoms with Gasteiger partial charge in [0, 0.05) is 12.1 Å². The number of benzene rings is 1. The van der Waals surface area contributed by atoms with Crippen molar-refractivity contribution in [2.45, 2.75) is 34.6 Å². The third kappa shape index (κ3) is 5.64. The third-order valence-corrected chi connectivity index (χ3v) is 2.07. The summed E-state index contributed by atoms with van der Waals surface area (Å²) < 4.78 is 15.3. The van der Waals surface area contributed by atoms with Gasteiger partial charge in [-0.05, 0) is 6.92 Å². The number of hydrogen-bond acceptors (Lipinski definition) is 4. The van der Waals surface area contributed by atoms with Crippen LogP contribution in [0.2, 0.25) is 0 Å². The van der Waals surface area contributed by atoms with Crippen molar-refractivity contribution in [2.75, 3.05) is 21.3 Å². The molecule has 1 rings (SSSR count). The number of methoxy groups -OCH3 is 3. The van der Waals surface area contributed by atoms with Gasteiger partial charge in [0.2, 0.25) is 0 Å². The molecule has 110 valence electrons. The zero-order chi connectivity index (χ0) is 15.4. The van der Waals surface area contributed by atoms with Crippen molar-refractivity contribution in [3.8, 4) is 17.2 Å². The lowest BCUT2D eigenvalue weighted by atomic mass is 10.1. The molecule has 0 heterocycles. The van der Waals surface area contributed by atoms with Crippen molar-refractivity contribution < 1.29 is 19.0 Å². The largest absolute Gasteiger partial charge is 0.496 e. The monoisotopic (exact) mass is 270 g/mol. The topological polar surface area (TPSA) is 44.8 Å². The Morgan fingerprint density at radius 3 is 1.42 bits per heavy atom. The van der Waals surface area contributed by atoms with Gasteiger partial charge in [-0.3, -0.25) is 4.79 Å². The van der Waals surface area contributed by atoms with E-state index >= 15 is 0 Å². The number of carbonyl (C=O) groups is 1. The van der Waals surface area contributed by atoms with Gasteiger partial charge >= 0.3 is 0 Å².